The molecule has 6 heteroatoms. The van der Waals surface area contributed by atoms with Crippen LogP contribution in [0.15, 0.2) is 182 Å². The Labute approximate surface area is 407 Å². The van der Waals surface area contributed by atoms with Crippen LogP contribution >= 0.6 is 0 Å². The zero-order chi connectivity index (χ0) is 46.7. The summed E-state index contributed by atoms with van der Waals surface area (Å²) in [4.78, 5) is 8.03. The molecule has 2 atom stereocenters. The van der Waals surface area contributed by atoms with Crippen LogP contribution in [0, 0.1) is 0 Å². The van der Waals surface area contributed by atoms with Crippen LogP contribution in [0.1, 0.15) is 45.1 Å². The van der Waals surface area contributed by atoms with E-state index in [1.807, 2.05) is 0 Å². The fourth-order valence-electron chi connectivity index (χ4n) is 12.6. The molecular formula is C62H62BN3Si2. The molecule has 0 saturated heterocycles. The number of nitrogens with zero attached hydrogens (tertiary/aromatic N) is 3. The van der Waals surface area contributed by atoms with Gasteiger partial charge in [0.05, 0.1) is 27.4 Å². The largest absolute Gasteiger partial charge is 0.335 e. The van der Waals surface area contributed by atoms with Crippen molar-refractivity contribution in [2.75, 3.05) is 14.7 Å². The van der Waals surface area contributed by atoms with Crippen molar-refractivity contribution in [1.29, 1.82) is 0 Å². The Morgan fingerprint density at radius 2 is 1.01 bits per heavy atom. The van der Waals surface area contributed by atoms with E-state index in [9.17, 15) is 0 Å². The van der Waals surface area contributed by atoms with E-state index in [0.717, 1.165) is 12.1 Å². The molecule has 8 aromatic rings. The van der Waals surface area contributed by atoms with Gasteiger partial charge in [0, 0.05) is 45.2 Å². The van der Waals surface area contributed by atoms with Crippen LogP contribution in [0.2, 0.25) is 39.3 Å². The van der Waals surface area contributed by atoms with E-state index in [1.54, 1.807) is 0 Å². The van der Waals surface area contributed by atoms with Gasteiger partial charge in [-0.1, -0.05) is 197 Å². The Hall–Kier alpha value is -6.34. The standard InChI is InChI=1S/C62H62BN3Si2/c1-61-38-15-16-39-62(61,2)66-58-42-50(64(47-29-33-51(34-30-47)67(3,4)5)48-31-35-52(36-32-48)68(6,7)8)41-57-59(58)63(54-23-17-22-53(61)60(54)66)55-40-46(44-20-13-10-14-21-44)26-37-56(55)65(57)49-27-24-45(25-28-49)43-18-11-9-12-19-43/h9-14,17-37,40-42H,15-16,38-39H2,1-8H3. The molecule has 1 aliphatic carbocycles. The predicted octanol–water partition coefficient (Wildman–Crippen LogP) is 13.9. The molecule has 336 valence electrons. The quantitative estimate of drug-likeness (QED) is 0.141. The number of hydrogen-bond donors (Lipinski definition) is 0. The van der Waals surface area contributed by atoms with Gasteiger partial charge < -0.3 is 14.7 Å². The predicted molar refractivity (Wildman–Crippen MR) is 300 cm³/mol. The minimum Gasteiger partial charge on any atom is -0.335 e. The van der Waals surface area contributed by atoms with Gasteiger partial charge in [-0.15, -0.1) is 0 Å². The van der Waals surface area contributed by atoms with Crippen molar-refractivity contribution in [3.05, 3.63) is 188 Å². The molecule has 4 aliphatic rings. The maximum atomic E-state index is 2.87. The lowest BCUT2D eigenvalue weighted by molar-refractivity contribution is 0.195. The van der Waals surface area contributed by atoms with Crippen LogP contribution < -0.4 is 41.5 Å². The minimum atomic E-state index is -1.55. The van der Waals surface area contributed by atoms with Crippen molar-refractivity contribution in [3.63, 3.8) is 0 Å². The lowest BCUT2D eigenvalue weighted by Gasteiger charge is -2.53. The molecule has 0 radical (unpaired) electrons. The second kappa shape index (κ2) is 15.6. The Bertz CT molecular complexity index is 3170. The highest BCUT2D eigenvalue weighted by Gasteiger charge is 2.61. The Morgan fingerprint density at radius 3 is 1.62 bits per heavy atom. The summed E-state index contributed by atoms with van der Waals surface area (Å²) in [7, 11) is -3.09. The van der Waals surface area contributed by atoms with E-state index in [4.69, 9.17) is 0 Å². The second-order valence-electron chi connectivity index (χ2n) is 22.5. The summed E-state index contributed by atoms with van der Waals surface area (Å²) in [5.41, 5.74) is 20.6. The van der Waals surface area contributed by atoms with E-state index < -0.39 is 16.1 Å². The van der Waals surface area contributed by atoms with Gasteiger partial charge in [0.1, 0.15) is 0 Å². The molecule has 1 saturated carbocycles. The Kier molecular flexibility index (Phi) is 9.86. The molecule has 3 aliphatic heterocycles. The molecule has 68 heavy (non-hydrogen) atoms. The monoisotopic (exact) mass is 915 g/mol. The summed E-state index contributed by atoms with van der Waals surface area (Å²) in [6.45, 7) is 19.9. The lowest BCUT2D eigenvalue weighted by Crippen LogP contribution is -2.64. The zero-order valence-corrected chi connectivity index (χ0v) is 43.1. The van der Waals surface area contributed by atoms with Gasteiger partial charge in [0.2, 0.25) is 0 Å². The third-order valence-corrected chi connectivity index (χ3v) is 20.7. The molecule has 0 spiro atoms. The van der Waals surface area contributed by atoms with Crippen LogP contribution in [-0.2, 0) is 5.41 Å². The Morgan fingerprint density at radius 1 is 0.471 bits per heavy atom. The van der Waals surface area contributed by atoms with E-state index in [-0.39, 0.29) is 17.7 Å². The molecular weight excluding hydrogens is 854 g/mol. The van der Waals surface area contributed by atoms with Crippen molar-refractivity contribution in [2.24, 2.45) is 0 Å². The summed E-state index contributed by atoms with van der Waals surface area (Å²) in [6, 6.07) is 70.0. The third kappa shape index (κ3) is 6.58. The molecule has 3 heterocycles. The molecule has 12 rings (SSSR count). The van der Waals surface area contributed by atoms with E-state index >= 15 is 0 Å². The van der Waals surface area contributed by atoms with Crippen LogP contribution in [0.25, 0.3) is 22.3 Å². The highest BCUT2D eigenvalue weighted by atomic mass is 28.3. The van der Waals surface area contributed by atoms with Gasteiger partial charge in [0.25, 0.3) is 6.71 Å². The van der Waals surface area contributed by atoms with Gasteiger partial charge in [-0.2, -0.15) is 0 Å². The summed E-state index contributed by atoms with van der Waals surface area (Å²) >= 11 is 0. The molecule has 0 bridgehead atoms. The fraction of sp³-hybridized carbons (Fsp3) is 0.226. The molecule has 0 amide bonds. The van der Waals surface area contributed by atoms with Crippen LogP contribution in [0.4, 0.5) is 45.5 Å². The fourth-order valence-corrected chi connectivity index (χ4v) is 14.9. The SMILES string of the molecule is CC12CCCCC1(C)N1c3cc(N(c4ccc([Si](C)(C)C)cc4)c4ccc([Si](C)(C)C)cc4)cc4c3B(c3cc(-c5ccccc5)ccc3N4c3ccc(-c4ccccc4)cc3)c3cccc2c31. The highest BCUT2D eigenvalue weighted by Crippen LogP contribution is 2.62. The molecule has 2 unspecified atom stereocenters. The average molecular weight is 916 g/mol. The topological polar surface area (TPSA) is 9.72 Å². The number of rotatable bonds is 8. The number of benzene rings is 8. The minimum absolute atomic E-state index is 0.00763. The van der Waals surface area contributed by atoms with E-state index in [1.165, 1.54) is 114 Å². The van der Waals surface area contributed by atoms with Gasteiger partial charge in [0.15, 0.2) is 0 Å². The van der Waals surface area contributed by atoms with Crippen LogP contribution in [0.3, 0.4) is 0 Å². The van der Waals surface area contributed by atoms with Crippen molar-refractivity contribution in [1.82, 2.24) is 0 Å². The van der Waals surface area contributed by atoms with Crippen molar-refractivity contribution in [3.8, 4) is 22.3 Å². The number of hydrogen-bond acceptors (Lipinski definition) is 3. The number of para-hydroxylation sites is 1. The van der Waals surface area contributed by atoms with Gasteiger partial charge >= 0.3 is 0 Å². The van der Waals surface area contributed by atoms with E-state index in [0.29, 0.717) is 0 Å². The van der Waals surface area contributed by atoms with Gasteiger partial charge in [-0.05, 0) is 119 Å². The molecule has 8 aromatic carbocycles. The van der Waals surface area contributed by atoms with Crippen molar-refractivity contribution in [2.45, 2.75) is 89.8 Å². The average Bonchev–Trinajstić information content (AvgIpc) is 3.56. The Balaban J connectivity index is 1.17. The van der Waals surface area contributed by atoms with Crippen molar-refractivity contribution < 1.29 is 0 Å². The summed E-state index contributed by atoms with van der Waals surface area (Å²) < 4.78 is 0. The van der Waals surface area contributed by atoms with Gasteiger partial charge in [-0.3, -0.25) is 0 Å². The highest BCUT2D eigenvalue weighted by molar-refractivity contribution is 7.00. The first-order chi connectivity index (χ1) is 32.7. The molecule has 0 N–H and O–H groups in total. The maximum Gasteiger partial charge on any atom is 0.252 e. The van der Waals surface area contributed by atoms with E-state index in [2.05, 4.69) is 250 Å². The summed E-state index contributed by atoms with van der Waals surface area (Å²) in [5.74, 6) is 0. The number of fused-ring (bicyclic) bond motifs is 7. The third-order valence-electron chi connectivity index (χ3n) is 16.5. The van der Waals surface area contributed by atoms with Crippen molar-refractivity contribution >= 4 is 95.1 Å². The smallest absolute Gasteiger partial charge is 0.252 e. The number of anilines is 8. The summed E-state index contributed by atoms with van der Waals surface area (Å²) in [6.07, 6.45) is 4.84. The molecule has 0 aromatic heterocycles. The van der Waals surface area contributed by atoms with Gasteiger partial charge in [-0.25, -0.2) is 0 Å². The molecule has 3 nitrogen and oxygen atoms in total. The second-order valence-corrected chi connectivity index (χ2v) is 32.7. The maximum absolute atomic E-state index is 2.87. The lowest BCUT2D eigenvalue weighted by atomic mass is 9.33. The normalized spacial score (nSPS) is 19.0. The zero-order valence-electron chi connectivity index (χ0n) is 41.1. The first kappa shape index (κ1) is 43.0. The first-order valence-corrected chi connectivity index (χ1v) is 32.0. The van der Waals surface area contributed by atoms with Crippen LogP contribution in [0.5, 0.6) is 0 Å². The van der Waals surface area contributed by atoms with Crippen LogP contribution in [-0.4, -0.2) is 28.4 Å². The first-order valence-electron chi connectivity index (χ1n) is 25.0. The molecule has 1 fully saturated rings. The summed E-state index contributed by atoms with van der Waals surface area (Å²) in [5, 5.41) is 2.95.